The van der Waals surface area contributed by atoms with Gasteiger partial charge in [-0.05, 0) is 35.3 Å². The van der Waals surface area contributed by atoms with Gasteiger partial charge in [0.25, 0.3) is 0 Å². The van der Waals surface area contributed by atoms with Crippen molar-refractivity contribution < 1.29 is 9.47 Å². The Kier molecular flexibility index (Phi) is 8.91. The molecule has 0 amide bonds. The predicted octanol–water partition coefficient (Wildman–Crippen LogP) is 7.65. The average Bonchev–Trinajstić information content (AvgIpc) is 2.58. The van der Waals surface area contributed by atoms with Gasteiger partial charge in [-0.25, -0.2) is 0 Å². The molecule has 0 heterocycles. The van der Waals surface area contributed by atoms with E-state index in [4.69, 9.17) is 9.47 Å². The van der Waals surface area contributed by atoms with Crippen LogP contribution in [-0.4, -0.2) is 13.7 Å². The van der Waals surface area contributed by atoms with Gasteiger partial charge in [-0.1, -0.05) is 86.8 Å². The second-order valence-corrected chi connectivity index (χ2v) is 9.77. The van der Waals surface area contributed by atoms with Crippen LogP contribution in [0.15, 0.2) is 18.2 Å². The molecule has 0 spiro atoms. The Hall–Kier alpha value is -1.44. The largest absolute Gasteiger partial charge is 0.496 e. The molecule has 0 bridgehead atoms. The van der Waals surface area contributed by atoms with Crippen molar-refractivity contribution >= 4 is 6.08 Å². The third-order valence-corrected chi connectivity index (χ3v) is 4.92. The summed E-state index contributed by atoms with van der Waals surface area (Å²) in [6.07, 6.45) is 9.33. The fourth-order valence-electron chi connectivity index (χ4n) is 3.03. The van der Waals surface area contributed by atoms with Gasteiger partial charge in [0, 0.05) is 11.1 Å². The lowest BCUT2D eigenvalue weighted by molar-refractivity contribution is 0.232. The summed E-state index contributed by atoms with van der Waals surface area (Å²) < 4.78 is 12.1. The predicted molar refractivity (Wildman–Crippen MR) is 119 cm³/mol. The Morgan fingerprint density at radius 3 is 2.15 bits per heavy atom. The summed E-state index contributed by atoms with van der Waals surface area (Å²) in [5.41, 5.74) is 2.41. The van der Waals surface area contributed by atoms with Gasteiger partial charge in [0.15, 0.2) is 0 Å². The molecule has 1 atom stereocenters. The number of hydrogen-bond acceptors (Lipinski definition) is 2. The lowest BCUT2D eigenvalue weighted by Gasteiger charge is -2.25. The Labute approximate surface area is 168 Å². The van der Waals surface area contributed by atoms with Crippen molar-refractivity contribution in [2.75, 3.05) is 13.7 Å². The highest BCUT2D eigenvalue weighted by molar-refractivity contribution is 5.63. The van der Waals surface area contributed by atoms with Crippen molar-refractivity contribution in [2.45, 2.75) is 86.5 Å². The summed E-state index contributed by atoms with van der Waals surface area (Å²) in [5.74, 6) is 2.52. The van der Waals surface area contributed by atoms with E-state index in [1.165, 1.54) is 24.8 Å². The molecule has 1 aromatic carbocycles. The van der Waals surface area contributed by atoms with Gasteiger partial charge in [-0.3, -0.25) is 0 Å². The molecular weight excluding hydrogens is 332 g/mol. The van der Waals surface area contributed by atoms with Crippen LogP contribution < -0.4 is 9.47 Å². The number of ether oxygens (including phenoxy) is 2. The monoisotopic (exact) mass is 374 g/mol. The molecule has 2 heteroatoms. The van der Waals surface area contributed by atoms with Crippen molar-refractivity contribution in [1.29, 1.82) is 0 Å². The van der Waals surface area contributed by atoms with E-state index in [-0.39, 0.29) is 10.8 Å². The summed E-state index contributed by atoms with van der Waals surface area (Å²) >= 11 is 0. The molecule has 0 radical (unpaired) electrons. The van der Waals surface area contributed by atoms with Crippen molar-refractivity contribution in [1.82, 2.24) is 0 Å². The fourth-order valence-corrected chi connectivity index (χ4v) is 3.03. The van der Waals surface area contributed by atoms with E-state index in [0.29, 0.717) is 5.92 Å². The first kappa shape index (κ1) is 23.6. The molecule has 0 fully saturated rings. The maximum atomic E-state index is 6.38. The smallest absolute Gasteiger partial charge is 0.127 e. The SMILES string of the molecule is CCCCC(CC)COc1cc(C(C)(C)C)c(OC)cc1/C=C/C(C)(C)C. The summed E-state index contributed by atoms with van der Waals surface area (Å²) in [6, 6.07) is 4.32. The van der Waals surface area contributed by atoms with Crippen LogP contribution in [-0.2, 0) is 5.41 Å². The highest BCUT2D eigenvalue weighted by atomic mass is 16.5. The molecule has 1 unspecified atom stereocenters. The third-order valence-electron chi connectivity index (χ3n) is 4.92. The van der Waals surface area contributed by atoms with Crippen molar-refractivity contribution in [3.05, 3.63) is 29.3 Å². The zero-order valence-electron chi connectivity index (χ0n) is 19.2. The van der Waals surface area contributed by atoms with Crippen LogP contribution >= 0.6 is 0 Å². The molecule has 0 saturated carbocycles. The quantitative estimate of drug-likeness (QED) is 0.442. The van der Waals surface area contributed by atoms with Crippen molar-refractivity contribution in [3.63, 3.8) is 0 Å². The Morgan fingerprint density at radius 1 is 1.00 bits per heavy atom. The van der Waals surface area contributed by atoms with Crippen LogP contribution in [0.25, 0.3) is 6.08 Å². The lowest BCUT2D eigenvalue weighted by Crippen LogP contribution is -2.15. The maximum Gasteiger partial charge on any atom is 0.127 e. The van der Waals surface area contributed by atoms with Crippen LogP contribution in [0.1, 0.15) is 92.2 Å². The minimum atomic E-state index is 0.00208. The average molecular weight is 375 g/mol. The molecule has 0 aliphatic rings. The highest BCUT2D eigenvalue weighted by Crippen LogP contribution is 2.38. The summed E-state index contributed by atoms with van der Waals surface area (Å²) in [7, 11) is 1.75. The molecule has 0 aromatic heterocycles. The molecule has 2 nitrogen and oxygen atoms in total. The number of benzene rings is 1. The molecule has 0 aliphatic heterocycles. The van der Waals surface area contributed by atoms with Gasteiger partial charge < -0.3 is 9.47 Å². The summed E-state index contributed by atoms with van der Waals surface area (Å²) in [4.78, 5) is 0. The van der Waals surface area contributed by atoms with Crippen molar-refractivity contribution in [3.8, 4) is 11.5 Å². The number of rotatable bonds is 9. The van der Waals surface area contributed by atoms with Gasteiger partial charge in [0.2, 0.25) is 0 Å². The minimum Gasteiger partial charge on any atom is -0.496 e. The number of unbranched alkanes of at least 4 members (excludes halogenated alkanes) is 1. The summed E-state index contributed by atoms with van der Waals surface area (Å²) in [6.45, 7) is 18.6. The van der Waals surface area contributed by atoms with E-state index in [9.17, 15) is 0 Å². The Bertz CT molecular complexity index is 600. The van der Waals surface area contributed by atoms with E-state index in [1.54, 1.807) is 7.11 Å². The highest BCUT2D eigenvalue weighted by Gasteiger charge is 2.22. The van der Waals surface area contributed by atoms with E-state index < -0.39 is 0 Å². The van der Waals surface area contributed by atoms with E-state index in [0.717, 1.165) is 30.1 Å². The number of hydrogen-bond donors (Lipinski definition) is 0. The van der Waals surface area contributed by atoms with Crippen molar-refractivity contribution in [2.24, 2.45) is 11.3 Å². The maximum absolute atomic E-state index is 6.38. The topological polar surface area (TPSA) is 18.5 Å². The standard InChI is InChI=1S/C25H42O2/c1-10-12-13-19(11-2)18-27-22-17-21(25(6,7)8)23(26-9)16-20(22)14-15-24(3,4)5/h14-17,19H,10-13,18H2,1-9H3/b15-14+. The van der Waals surface area contributed by atoms with E-state index in [2.05, 4.69) is 79.7 Å². The van der Waals surface area contributed by atoms with Crippen LogP contribution in [0.2, 0.25) is 0 Å². The van der Waals surface area contributed by atoms with Gasteiger partial charge in [-0.15, -0.1) is 0 Å². The van der Waals surface area contributed by atoms with Gasteiger partial charge in [0.1, 0.15) is 11.5 Å². The first-order valence-electron chi connectivity index (χ1n) is 10.6. The molecule has 1 aromatic rings. The number of allylic oxidation sites excluding steroid dienone is 1. The number of methoxy groups -OCH3 is 1. The van der Waals surface area contributed by atoms with E-state index >= 15 is 0 Å². The lowest BCUT2D eigenvalue weighted by atomic mass is 9.85. The molecular formula is C25H42O2. The second kappa shape index (κ2) is 10.2. The normalized spacial score (nSPS) is 13.8. The molecule has 0 N–H and O–H groups in total. The van der Waals surface area contributed by atoms with Gasteiger partial charge in [0.05, 0.1) is 13.7 Å². The van der Waals surface area contributed by atoms with Crippen LogP contribution in [0, 0.1) is 11.3 Å². The van der Waals surface area contributed by atoms with Gasteiger partial charge >= 0.3 is 0 Å². The molecule has 0 aliphatic carbocycles. The molecule has 0 saturated heterocycles. The Morgan fingerprint density at radius 2 is 1.67 bits per heavy atom. The fraction of sp³-hybridized carbons (Fsp3) is 0.680. The van der Waals surface area contributed by atoms with Crippen LogP contribution in [0.4, 0.5) is 0 Å². The third kappa shape index (κ3) is 7.99. The first-order chi connectivity index (χ1) is 12.5. The zero-order valence-corrected chi connectivity index (χ0v) is 19.2. The zero-order chi connectivity index (χ0) is 20.7. The Balaban J connectivity index is 3.25. The van der Waals surface area contributed by atoms with Crippen LogP contribution in [0.3, 0.4) is 0 Å². The summed E-state index contributed by atoms with van der Waals surface area (Å²) in [5, 5.41) is 0. The molecule has 1 rings (SSSR count). The van der Waals surface area contributed by atoms with Gasteiger partial charge in [-0.2, -0.15) is 0 Å². The van der Waals surface area contributed by atoms with E-state index in [1.807, 2.05) is 0 Å². The van der Waals surface area contributed by atoms with Crippen LogP contribution in [0.5, 0.6) is 11.5 Å². The second-order valence-electron chi connectivity index (χ2n) is 9.77. The first-order valence-corrected chi connectivity index (χ1v) is 10.6. The molecule has 27 heavy (non-hydrogen) atoms. The molecule has 154 valence electrons. The minimum absolute atomic E-state index is 0.00208.